The number of aryl methyl sites for hydroxylation is 1. The Balaban J connectivity index is 1.54. The lowest BCUT2D eigenvalue weighted by atomic mass is 9.97. The van der Waals surface area contributed by atoms with Crippen molar-refractivity contribution in [1.82, 2.24) is 19.7 Å². The lowest BCUT2D eigenvalue weighted by molar-refractivity contribution is 0.203. The number of piperidine rings is 1. The van der Waals surface area contributed by atoms with Gasteiger partial charge in [0.15, 0.2) is 5.52 Å². The summed E-state index contributed by atoms with van der Waals surface area (Å²) in [6.07, 6.45) is 1.94. The van der Waals surface area contributed by atoms with Crippen LogP contribution in [-0.2, 0) is 0 Å². The predicted octanol–water partition coefficient (Wildman–Crippen LogP) is 3.30. The van der Waals surface area contributed by atoms with E-state index < -0.39 is 0 Å². The largest absolute Gasteiger partial charge is 0.496 e. The van der Waals surface area contributed by atoms with Crippen LogP contribution in [0.2, 0.25) is 0 Å². The first-order valence-electron chi connectivity index (χ1n) is 11.2. The van der Waals surface area contributed by atoms with E-state index in [-0.39, 0.29) is 12.2 Å². The van der Waals surface area contributed by atoms with E-state index >= 15 is 0 Å². The predicted molar refractivity (Wildman–Crippen MR) is 128 cm³/mol. The molecule has 5 rings (SSSR count). The van der Waals surface area contributed by atoms with Crippen LogP contribution in [0.1, 0.15) is 18.5 Å². The SMILES string of the molecule is COc1cc(N2CCC(CO)CC2)ccc1-c1nc2c(C)nn(-c3ccccc3)c2c(=O)[nH]1. The highest BCUT2D eigenvalue weighted by molar-refractivity contribution is 5.81. The number of anilines is 1. The van der Waals surface area contributed by atoms with Crippen molar-refractivity contribution in [3.8, 4) is 22.8 Å². The third-order valence-corrected chi connectivity index (χ3v) is 6.38. The Morgan fingerprint density at radius 2 is 1.88 bits per heavy atom. The number of methoxy groups -OCH3 is 1. The van der Waals surface area contributed by atoms with Gasteiger partial charge in [-0.3, -0.25) is 4.79 Å². The van der Waals surface area contributed by atoms with E-state index in [1.807, 2.05) is 55.5 Å². The van der Waals surface area contributed by atoms with Crippen LogP contribution >= 0.6 is 0 Å². The lowest BCUT2D eigenvalue weighted by Gasteiger charge is -2.33. The summed E-state index contributed by atoms with van der Waals surface area (Å²) in [5, 5.41) is 14.0. The molecule has 8 nitrogen and oxygen atoms in total. The van der Waals surface area contributed by atoms with Crippen LogP contribution in [0, 0.1) is 12.8 Å². The molecule has 0 bridgehead atoms. The number of aliphatic hydroxyl groups excluding tert-OH is 1. The van der Waals surface area contributed by atoms with Gasteiger partial charge in [0, 0.05) is 31.5 Å². The van der Waals surface area contributed by atoms with Crippen LogP contribution in [-0.4, -0.2) is 51.7 Å². The third kappa shape index (κ3) is 3.87. The second-order valence-corrected chi connectivity index (χ2v) is 8.44. The first-order valence-corrected chi connectivity index (χ1v) is 11.2. The Kier molecular flexibility index (Phi) is 5.60. The number of benzene rings is 2. The number of aromatic amines is 1. The molecule has 33 heavy (non-hydrogen) atoms. The van der Waals surface area contributed by atoms with Crippen LogP contribution in [0.4, 0.5) is 5.69 Å². The van der Waals surface area contributed by atoms with Crippen molar-refractivity contribution in [1.29, 1.82) is 0 Å². The van der Waals surface area contributed by atoms with Gasteiger partial charge in [-0.05, 0) is 49.9 Å². The molecule has 0 saturated carbocycles. The molecule has 0 unspecified atom stereocenters. The molecule has 0 atom stereocenters. The fourth-order valence-corrected chi connectivity index (χ4v) is 4.49. The quantitative estimate of drug-likeness (QED) is 0.489. The number of hydrogen-bond acceptors (Lipinski definition) is 6. The monoisotopic (exact) mass is 445 g/mol. The zero-order valence-corrected chi connectivity index (χ0v) is 18.8. The summed E-state index contributed by atoms with van der Waals surface area (Å²) in [5.41, 5.74) is 4.00. The Morgan fingerprint density at radius 1 is 1.12 bits per heavy atom. The normalized spacial score (nSPS) is 14.7. The fraction of sp³-hybridized carbons (Fsp3) is 0.320. The van der Waals surface area contributed by atoms with Gasteiger partial charge >= 0.3 is 0 Å². The van der Waals surface area contributed by atoms with Crippen molar-refractivity contribution in [3.63, 3.8) is 0 Å². The Hall–Kier alpha value is -3.65. The van der Waals surface area contributed by atoms with Gasteiger partial charge in [0.1, 0.15) is 17.1 Å². The van der Waals surface area contributed by atoms with Gasteiger partial charge in [-0.2, -0.15) is 5.10 Å². The summed E-state index contributed by atoms with van der Waals surface area (Å²) < 4.78 is 7.32. The number of H-pyrrole nitrogens is 1. The molecule has 4 aromatic rings. The molecule has 0 spiro atoms. The van der Waals surface area contributed by atoms with E-state index in [2.05, 4.69) is 15.0 Å². The van der Waals surface area contributed by atoms with E-state index in [4.69, 9.17) is 9.72 Å². The minimum Gasteiger partial charge on any atom is -0.496 e. The fourth-order valence-electron chi connectivity index (χ4n) is 4.49. The van der Waals surface area contributed by atoms with Gasteiger partial charge in [-0.1, -0.05) is 18.2 Å². The molecule has 1 fully saturated rings. The molecule has 1 aliphatic heterocycles. The number of nitrogens with one attached hydrogen (secondary N) is 1. The van der Waals surface area contributed by atoms with Gasteiger partial charge in [0.2, 0.25) is 0 Å². The zero-order valence-electron chi connectivity index (χ0n) is 18.8. The lowest BCUT2D eigenvalue weighted by Crippen LogP contribution is -2.34. The molecule has 0 amide bonds. The van der Waals surface area contributed by atoms with E-state index in [0.29, 0.717) is 34.2 Å². The van der Waals surface area contributed by atoms with Crippen molar-refractivity contribution >= 4 is 16.7 Å². The summed E-state index contributed by atoms with van der Waals surface area (Å²) in [6.45, 7) is 3.89. The second kappa shape index (κ2) is 8.71. The molecule has 3 heterocycles. The third-order valence-electron chi connectivity index (χ3n) is 6.38. The van der Waals surface area contributed by atoms with Crippen LogP contribution in [0.5, 0.6) is 5.75 Å². The maximum absolute atomic E-state index is 13.1. The van der Waals surface area contributed by atoms with E-state index in [0.717, 1.165) is 42.9 Å². The number of nitrogens with zero attached hydrogens (tertiary/aromatic N) is 4. The van der Waals surface area contributed by atoms with Crippen molar-refractivity contribution in [2.24, 2.45) is 5.92 Å². The van der Waals surface area contributed by atoms with Crippen molar-refractivity contribution in [3.05, 3.63) is 64.6 Å². The molecular formula is C25H27N5O3. The number of aromatic nitrogens is 4. The highest BCUT2D eigenvalue weighted by Crippen LogP contribution is 2.34. The van der Waals surface area contributed by atoms with Crippen molar-refractivity contribution in [2.75, 3.05) is 31.7 Å². The average molecular weight is 446 g/mol. The van der Waals surface area contributed by atoms with Gasteiger partial charge < -0.3 is 19.7 Å². The zero-order chi connectivity index (χ0) is 22.9. The molecular weight excluding hydrogens is 418 g/mol. The minimum absolute atomic E-state index is 0.248. The van der Waals surface area contributed by atoms with Gasteiger partial charge in [-0.15, -0.1) is 0 Å². The minimum atomic E-state index is -0.253. The molecule has 2 N–H and O–H groups in total. The highest BCUT2D eigenvalue weighted by atomic mass is 16.5. The second-order valence-electron chi connectivity index (χ2n) is 8.44. The van der Waals surface area contributed by atoms with E-state index in [1.165, 1.54) is 0 Å². The van der Waals surface area contributed by atoms with Gasteiger partial charge in [-0.25, -0.2) is 9.67 Å². The maximum Gasteiger partial charge on any atom is 0.277 e. The smallest absolute Gasteiger partial charge is 0.277 e. The van der Waals surface area contributed by atoms with E-state index in [1.54, 1.807) is 11.8 Å². The number of hydrogen-bond donors (Lipinski definition) is 2. The first-order chi connectivity index (χ1) is 16.1. The van der Waals surface area contributed by atoms with E-state index in [9.17, 15) is 9.90 Å². The molecule has 170 valence electrons. The number of fused-ring (bicyclic) bond motifs is 1. The van der Waals surface area contributed by atoms with Crippen LogP contribution < -0.4 is 15.2 Å². The standard InChI is InChI=1S/C25H27N5O3/c1-16-22-23(30(28-16)18-6-4-3-5-7-18)25(32)27-24(26-22)20-9-8-19(14-21(20)33-2)29-12-10-17(15-31)11-13-29/h3-9,14,17,31H,10-13,15H2,1-2H3,(H,26,27,32). The average Bonchev–Trinajstić information content (AvgIpc) is 3.21. The Morgan fingerprint density at radius 3 is 2.58 bits per heavy atom. The van der Waals surface area contributed by atoms with Crippen LogP contribution in [0.3, 0.4) is 0 Å². The van der Waals surface area contributed by atoms with Crippen molar-refractivity contribution in [2.45, 2.75) is 19.8 Å². The molecule has 1 aliphatic rings. The maximum atomic E-state index is 13.1. The molecule has 2 aromatic carbocycles. The van der Waals surface area contributed by atoms with Crippen LogP contribution in [0.25, 0.3) is 28.1 Å². The molecule has 8 heteroatoms. The number of aliphatic hydroxyl groups is 1. The van der Waals surface area contributed by atoms with Crippen LogP contribution in [0.15, 0.2) is 53.3 Å². The van der Waals surface area contributed by atoms with Gasteiger partial charge in [0.25, 0.3) is 5.56 Å². The van der Waals surface area contributed by atoms with Gasteiger partial charge in [0.05, 0.1) is 24.1 Å². The molecule has 1 saturated heterocycles. The number of para-hydroxylation sites is 1. The number of rotatable bonds is 5. The molecule has 0 aliphatic carbocycles. The summed E-state index contributed by atoms with van der Waals surface area (Å²) in [5.74, 6) is 1.47. The summed E-state index contributed by atoms with van der Waals surface area (Å²) >= 11 is 0. The molecule has 2 aromatic heterocycles. The summed E-state index contributed by atoms with van der Waals surface area (Å²) in [4.78, 5) is 23.1. The number of ether oxygens (including phenoxy) is 1. The van der Waals surface area contributed by atoms with Crippen molar-refractivity contribution < 1.29 is 9.84 Å². The first kappa shape index (κ1) is 21.2. The Bertz CT molecular complexity index is 1340. The highest BCUT2D eigenvalue weighted by Gasteiger charge is 2.21. The topological polar surface area (TPSA) is 96.3 Å². The Labute approximate surface area is 191 Å². The molecule has 0 radical (unpaired) electrons. The summed E-state index contributed by atoms with van der Waals surface area (Å²) in [7, 11) is 1.62. The summed E-state index contributed by atoms with van der Waals surface area (Å²) in [6, 6.07) is 15.5.